The molecule has 0 aliphatic carbocycles. The average molecular weight is 304 g/mol. The number of carbonyl (C=O) groups is 4. The van der Waals surface area contributed by atoms with E-state index in [0.29, 0.717) is 0 Å². The molecule has 1 aliphatic rings. The molecule has 21 heavy (non-hydrogen) atoms. The van der Waals surface area contributed by atoms with Gasteiger partial charge in [0.15, 0.2) is 12.2 Å². The first-order chi connectivity index (χ1) is 9.92. The van der Waals surface area contributed by atoms with Crippen molar-refractivity contribution in [2.24, 2.45) is 0 Å². The van der Waals surface area contributed by atoms with Crippen LogP contribution in [0.25, 0.3) is 0 Å². The van der Waals surface area contributed by atoms with E-state index in [1.165, 1.54) is 0 Å². The molecule has 11 heteroatoms. The summed E-state index contributed by atoms with van der Waals surface area (Å²) in [6, 6.07) is 0. The van der Waals surface area contributed by atoms with Gasteiger partial charge >= 0.3 is 31.2 Å². The SMILES string of the molecule is COC(=O)CC(=O)OB1OC(C(=O)OC)C(C(=O)OC)O1. The van der Waals surface area contributed by atoms with E-state index < -0.39 is 49.8 Å². The summed E-state index contributed by atoms with van der Waals surface area (Å²) in [4.78, 5) is 45.1. The standard InChI is InChI=1S/C10H13BO10/c1-16-5(12)4-6(13)19-11-20-7(9(14)17-2)8(21-11)10(15)18-3/h7-8H,4H2,1-3H3. The van der Waals surface area contributed by atoms with Gasteiger partial charge in [-0.05, 0) is 0 Å². The number of hydrogen-bond acceptors (Lipinski definition) is 10. The largest absolute Gasteiger partial charge is 0.716 e. The van der Waals surface area contributed by atoms with Gasteiger partial charge in [0, 0.05) is 0 Å². The van der Waals surface area contributed by atoms with Gasteiger partial charge < -0.3 is 28.2 Å². The van der Waals surface area contributed by atoms with Gasteiger partial charge in [-0.1, -0.05) is 0 Å². The first-order valence-corrected chi connectivity index (χ1v) is 5.65. The summed E-state index contributed by atoms with van der Waals surface area (Å²) in [5, 5.41) is 0. The minimum atomic E-state index is -1.64. The van der Waals surface area contributed by atoms with Gasteiger partial charge in [0.2, 0.25) is 0 Å². The first kappa shape index (κ1) is 16.9. The fraction of sp³-hybridized carbons (Fsp3) is 0.600. The van der Waals surface area contributed by atoms with Crippen molar-refractivity contribution in [3.8, 4) is 0 Å². The maximum atomic E-state index is 11.5. The van der Waals surface area contributed by atoms with Crippen molar-refractivity contribution in [3.63, 3.8) is 0 Å². The number of methoxy groups -OCH3 is 3. The van der Waals surface area contributed by atoms with E-state index in [1.54, 1.807) is 0 Å². The first-order valence-electron chi connectivity index (χ1n) is 5.65. The smallest absolute Gasteiger partial charge is 0.484 e. The van der Waals surface area contributed by atoms with Gasteiger partial charge in [0.05, 0.1) is 21.3 Å². The molecule has 1 aliphatic heterocycles. The van der Waals surface area contributed by atoms with Crippen LogP contribution in [0.2, 0.25) is 0 Å². The maximum absolute atomic E-state index is 11.5. The van der Waals surface area contributed by atoms with Crippen LogP contribution in [0.3, 0.4) is 0 Å². The normalized spacial score (nSPS) is 20.6. The average Bonchev–Trinajstić information content (AvgIpc) is 2.88. The van der Waals surface area contributed by atoms with Gasteiger partial charge in [0.25, 0.3) is 0 Å². The lowest BCUT2D eigenvalue weighted by atomic mass is 10.2. The Morgan fingerprint density at radius 1 is 0.857 bits per heavy atom. The molecule has 1 heterocycles. The molecule has 10 nitrogen and oxygen atoms in total. The molecular weight excluding hydrogens is 291 g/mol. The molecule has 0 N–H and O–H groups in total. The van der Waals surface area contributed by atoms with Crippen LogP contribution in [0, 0.1) is 0 Å². The Morgan fingerprint density at radius 2 is 1.33 bits per heavy atom. The number of carbonyl (C=O) groups excluding carboxylic acids is 4. The van der Waals surface area contributed by atoms with Crippen molar-refractivity contribution in [2.45, 2.75) is 18.6 Å². The Labute approximate surface area is 119 Å². The van der Waals surface area contributed by atoms with Gasteiger partial charge in [0.1, 0.15) is 6.42 Å². The van der Waals surface area contributed by atoms with Gasteiger partial charge in [-0.15, -0.1) is 0 Å². The number of rotatable bonds is 5. The van der Waals surface area contributed by atoms with Crippen molar-refractivity contribution in [2.75, 3.05) is 21.3 Å². The number of esters is 3. The van der Waals surface area contributed by atoms with Crippen LogP contribution in [-0.2, 0) is 47.4 Å². The summed E-state index contributed by atoms with van der Waals surface area (Å²) in [6.45, 7) is 0. The van der Waals surface area contributed by atoms with Crippen LogP contribution in [0.4, 0.5) is 0 Å². The van der Waals surface area contributed by atoms with Crippen LogP contribution in [0.5, 0.6) is 0 Å². The fourth-order valence-electron chi connectivity index (χ4n) is 1.40. The quantitative estimate of drug-likeness (QED) is 0.249. The lowest BCUT2D eigenvalue weighted by Crippen LogP contribution is -2.38. The maximum Gasteiger partial charge on any atom is 0.716 e. The highest BCUT2D eigenvalue weighted by atomic mass is 16.8. The van der Waals surface area contributed by atoms with Crippen molar-refractivity contribution in [3.05, 3.63) is 0 Å². The van der Waals surface area contributed by atoms with Crippen LogP contribution < -0.4 is 0 Å². The van der Waals surface area contributed by atoms with Crippen LogP contribution in [0.15, 0.2) is 0 Å². The molecule has 2 atom stereocenters. The van der Waals surface area contributed by atoms with E-state index in [2.05, 4.69) is 18.9 Å². The van der Waals surface area contributed by atoms with Crippen LogP contribution in [-0.4, -0.2) is 64.7 Å². The molecule has 0 bridgehead atoms. The zero-order valence-electron chi connectivity index (χ0n) is 11.5. The Kier molecular flexibility index (Phi) is 6.12. The third-order valence-electron chi connectivity index (χ3n) is 2.40. The van der Waals surface area contributed by atoms with E-state index in [4.69, 9.17) is 9.31 Å². The Balaban J connectivity index is 2.66. The van der Waals surface area contributed by atoms with Crippen LogP contribution >= 0.6 is 0 Å². The lowest BCUT2D eigenvalue weighted by Gasteiger charge is -2.12. The van der Waals surface area contributed by atoms with Crippen LogP contribution in [0.1, 0.15) is 6.42 Å². The molecule has 1 rings (SSSR count). The molecule has 1 saturated heterocycles. The monoisotopic (exact) mass is 304 g/mol. The van der Waals surface area contributed by atoms with Gasteiger partial charge in [-0.3, -0.25) is 9.59 Å². The zero-order chi connectivity index (χ0) is 16.0. The summed E-state index contributed by atoms with van der Waals surface area (Å²) in [5.74, 6) is -3.65. The molecule has 0 radical (unpaired) electrons. The molecule has 0 aromatic rings. The van der Waals surface area contributed by atoms with Crippen molar-refractivity contribution >= 4 is 31.2 Å². The van der Waals surface area contributed by atoms with E-state index in [1.807, 2.05) is 0 Å². The molecule has 0 spiro atoms. The third kappa shape index (κ3) is 4.43. The summed E-state index contributed by atoms with van der Waals surface area (Å²) < 4.78 is 27.6. The molecule has 0 aromatic carbocycles. The summed E-state index contributed by atoms with van der Waals surface area (Å²) in [7, 11) is 1.61. The summed E-state index contributed by atoms with van der Waals surface area (Å²) in [6.07, 6.45) is -3.57. The van der Waals surface area contributed by atoms with Gasteiger partial charge in [-0.25, -0.2) is 9.59 Å². The highest BCUT2D eigenvalue weighted by Crippen LogP contribution is 2.20. The molecule has 0 aromatic heterocycles. The molecule has 2 unspecified atom stereocenters. The zero-order valence-corrected chi connectivity index (χ0v) is 11.5. The minimum absolute atomic E-state index is 0.675. The van der Waals surface area contributed by atoms with E-state index >= 15 is 0 Å². The highest BCUT2D eigenvalue weighted by Gasteiger charge is 2.52. The predicted octanol–water partition coefficient (Wildman–Crippen LogP) is -1.79. The Hall–Kier alpha value is -2.14. The minimum Gasteiger partial charge on any atom is -0.484 e. The summed E-state index contributed by atoms with van der Waals surface area (Å²) >= 11 is 0. The van der Waals surface area contributed by atoms with E-state index in [0.717, 1.165) is 21.3 Å². The number of hydrogen-bond donors (Lipinski definition) is 0. The lowest BCUT2D eigenvalue weighted by molar-refractivity contribution is -0.160. The fourth-order valence-corrected chi connectivity index (χ4v) is 1.40. The second kappa shape index (κ2) is 7.60. The van der Waals surface area contributed by atoms with E-state index in [-0.39, 0.29) is 0 Å². The van der Waals surface area contributed by atoms with Crippen molar-refractivity contribution in [1.29, 1.82) is 0 Å². The highest BCUT2D eigenvalue weighted by molar-refractivity contribution is 6.41. The predicted molar refractivity (Wildman–Crippen MR) is 62.3 cm³/mol. The Morgan fingerprint density at radius 3 is 1.71 bits per heavy atom. The molecule has 0 saturated carbocycles. The summed E-state index contributed by atoms with van der Waals surface area (Å²) in [5.41, 5.74) is 0. The second-order valence-corrected chi connectivity index (χ2v) is 3.69. The van der Waals surface area contributed by atoms with Crippen molar-refractivity contribution in [1.82, 2.24) is 0 Å². The molecular formula is C10H13BO10. The topological polar surface area (TPSA) is 124 Å². The second-order valence-electron chi connectivity index (χ2n) is 3.69. The molecule has 0 amide bonds. The third-order valence-corrected chi connectivity index (χ3v) is 2.40. The Bertz CT molecular complexity index is 412. The van der Waals surface area contributed by atoms with Crippen molar-refractivity contribution < 1.29 is 47.4 Å². The van der Waals surface area contributed by atoms with E-state index in [9.17, 15) is 19.2 Å². The molecule has 116 valence electrons. The number of ether oxygens (including phenoxy) is 3. The molecule has 1 fully saturated rings. The van der Waals surface area contributed by atoms with Gasteiger partial charge in [-0.2, -0.15) is 0 Å².